The summed E-state index contributed by atoms with van der Waals surface area (Å²) in [5, 5.41) is 3.12. The van der Waals surface area contributed by atoms with Crippen LogP contribution in [0.25, 0.3) is 0 Å². The van der Waals surface area contributed by atoms with Crippen LogP contribution in [0, 0.1) is 5.82 Å². The zero-order valence-corrected chi connectivity index (χ0v) is 17.7. The Balaban J connectivity index is 1.64. The van der Waals surface area contributed by atoms with Gasteiger partial charge in [0.05, 0.1) is 4.90 Å². The smallest absolute Gasteiger partial charge is 0.244 e. The van der Waals surface area contributed by atoms with E-state index in [4.69, 9.17) is 0 Å². The van der Waals surface area contributed by atoms with E-state index in [9.17, 15) is 17.6 Å². The second-order valence-corrected chi connectivity index (χ2v) is 10.1. The molecule has 0 bridgehead atoms. The third-order valence-electron chi connectivity index (χ3n) is 6.13. The van der Waals surface area contributed by atoms with Crippen LogP contribution in [-0.4, -0.2) is 30.7 Å². The van der Waals surface area contributed by atoms with E-state index in [1.54, 1.807) is 0 Å². The van der Waals surface area contributed by atoms with E-state index in [0.29, 0.717) is 6.42 Å². The fraction of sp³-hybridized carbons (Fsp3) is 0.435. The van der Waals surface area contributed by atoms with E-state index >= 15 is 0 Å². The number of amides is 1. The summed E-state index contributed by atoms with van der Waals surface area (Å²) in [5.74, 6) is -0.748. The summed E-state index contributed by atoms with van der Waals surface area (Å²) in [6, 6.07) is 11.7. The van der Waals surface area contributed by atoms with Crippen molar-refractivity contribution in [3.05, 3.63) is 65.5 Å². The van der Waals surface area contributed by atoms with Gasteiger partial charge in [0.1, 0.15) is 11.9 Å². The van der Waals surface area contributed by atoms with E-state index in [1.807, 2.05) is 24.3 Å². The standard InChI is InChI=1S/C23H27FN2O3S/c24-19-11-13-21(14-12-19)30(28,29)26-16-18-8-6-5-7-17(18)15-22(26)23(27)25-20-9-3-1-2-4-10-20/h5-8,11-14,20,22H,1-4,9-10,15-16H2,(H,25,27)/t22-/m0/s1. The quantitative estimate of drug-likeness (QED) is 0.751. The van der Waals surface area contributed by atoms with Crippen molar-refractivity contribution in [2.75, 3.05) is 0 Å². The Labute approximate surface area is 177 Å². The monoisotopic (exact) mass is 430 g/mol. The molecule has 160 valence electrons. The lowest BCUT2D eigenvalue weighted by Crippen LogP contribution is -2.54. The molecule has 4 rings (SSSR count). The first-order chi connectivity index (χ1) is 14.4. The molecule has 0 aromatic heterocycles. The van der Waals surface area contributed by atoms with E-state index in [-0.39, 0.29) is 23.4 Å². The maximum Gasteiger partial charge on any atom is 0.244 e. The predicted molar refractivity (Wildman–Crippen MR) is 113 cm³/mol. The number of fused-ring (bicyclic) bond motifs is 1. The molecule has 1 saturated carbocycles. The summed E-state index contributed by atoms with van der Waals surface area (Å²) in [6.07, 6.45) is 6.70. The van der Waals surface area contributed by atoms with Crippen LogP contribution in [0.3, 0.4) is 0 Å². The minimum Gasteiger partial charge on any atom is -0.352 e. The number of sulfonamides is 1. The van der Waals surface area contributed by atoms with Crippen molar-refractivity contribution < 1.29 is 17.6 Å². The van der Waals surface area contributed by atoms with E-state index in [0.717, 1.165) is 48.9 Å². The van der Waals surface area contributed by atoms with Crippen LogP contribution in [0.2, 0.25) is 0 Å². The number of carbonyl (C=O) groups is 1. The van der Waals surface area contributed by atoms with Gasteiger partial charge in [-0.15, -0.1) is 0 Å². The van der Waals surface area contributed by atoms with Crippen LogP contribution in [0.1, 0.15) is 49.7 Å². The molecule has 2 aromatic carbocycles. The van der Waals surface area contributed by atoms with Crippen LogP contribution in [0.15, 0.2) is 53.4 Å². The van der Waals surface area contributed by atoms with Gasteiger partial charge in [0, 0.05) is 12.6 Å². The number of nitrogens with zero attached hydrogens (tertiary/aromatic N) is 1. The van der Waals surface area contributed by atoms with Gasteiger partial charge in [-0.25, -0.2) is 12.8 Å². The summed E-state index contributed by atoms with van der Waals surface area (Å²) in [5.41, 5.74) is 1.88. The average Bonchev–Trinajstić information content (AvgIpc) is 3.01. The molecule has 30 heavy (non-hydrogen) atoms. The molecule has 0 saturated heterocycles. The Morgan fingerprint density at radius 1 is 0.933 bits per heavy atom. The zero-order chi connectivity index (χ0) is 21.1. The number of hydrogen-bond donors (Lipinski definition) is 1. The van der Waals surface area contributed by atoms with Gasteiger partial charge in [0.15, 0.2) is 0 Å². The fourth-order valence-corrected chi connectivity index (χ4v) is 6.00. The van der Waals surface area contributed by atoms with Crippen molar-refractivity contribution >= 4 is 15.9 Å². The maximum atomic E-state index is 13.4. The largest absolute Gasteiger partial charge is 0.352 e. The number of benzene rings is 2. The number of hydrogen-bond acceptors (Lipinski definition) is 3. The van der Waals surface area contributed by atoms with Gasteiger partial charge in [0.25, 0.3) is 0 Å². The van der Waals surface area contributed by atoms with Crippen LogP contribution in [0.4, 0.5) is 4.39 Å². The Morgan fingerprint density at radius 2 is 1.57 bits per heavy atom. The van der Waals surface area contributed by atoms with E-state index in [1.165, 1.54) is 29.3 Å². The van der Waals surface area contributed by atoms with Gasteiger partial charge in [-0.05, 0) is 54.7 Å². The van der Waals surface area contributed by atoms with Gasteiger partial charge in [0.2, 0.25) is 15.9 Å². The van der Waals surface area contributed by atoms with Crippen molar-refractivity contribution in [3.8, 4) is 0 Å². The minimum atomic E-state index is -3.96. The number of rotatable bonds is 4. The lowest BCUT2D eigenvalue weighted by atomic mass is 9.95. The van der Waals surface area contributed by atoms with Crippen LogP contribution in [0.5, 0.6) is 0 Å². The molecule has 0 radical (unpaired) electrons. The number of carbonyl (C=O) groups excluding carboxylic acids is 1. The summed E-state index contributed by atoms with van der Waals surface area (Å²) in [6.45, 7) is 0.124. The summed E-state index contributed by atoms with van der Waals surface area (Å²) >= 11 is 0. The highest BCUT2D eigenvalue weighted by atomic mass is 32.2. The van der Waals surface area contributed by atoms with Gasteiger partial charge in [-0.1, -0.05) is 49.9 Å². The molecular formula is C23H27FN2O3S. The van der Waals surface area contributed by atoms with Crippen LogP contribution < -0.4 is 5.32 Å². The number of nitrogens with one attached hydrogen (secondary N) is 1. The van der Waals surface area contributed by atoms with E-state index in [2.05, 4.69) is 5.32 Å². The molecule has 2 aromatic rings. The molecule has 0 unspecified atom stereocenters. The Bertz CT molecular complexity index is 999. The first-order valence-corrected chi connectivity index (χ1v) is 12.0. The molecule has 1 heterocycles. The molecule has 1 fully saturated rings. The molecule has 1 aliphatic heterocycles. The maximum absolute atomic E-state index is 13.4. The summed E-state index contributed by atoms with van der Waals surface area (Å²) in [4.78, 5) is 13.2. The lowest BCUT2D eigenvalue weighted by Gasteiger charge is -2.35. The molecular weight excluding hydrogens is 403 g/mol. The Hall–Kier alpha value is -2.25. The topological polar surface area (TPSA) is 66.5 Å². The highest BCUT2D eigenvalue weighted by Gasteiger charge is 2.40. The van der Waals surface area contributed by atoms with Crippen molar-refractivity contribution in [2.45, 2.75) is 68.5 Å². The molecule has 7 heteroatoms. The predicted octanol–water partition coefficient (Wildman–Crippen LogP) is 3.78. The molecule has 1 atom stereocenters. The summed E-state index contributed by atoms with van der Waals surface area (Å²) < 4.78 is 41.4. The molecule has 1 aliphatic carbocycles. The normalized spacial score (nSPS) is 20.9. The van der Waals surface area contributed by atoms with Crippen molar-refractivity contribution in [3.63, 3.8) is 0 Å². The highest BCUT2D eigenvalue weighted by molar-refractivity contribution is 7.89. The first kappa shape index (κ1) is 21.0. The first-order valence-electron chi connectivity index (χ1n) is 10.6. The van der Waals surface area contributed by atoms with Gasteiger partial charge >= 0.3 is 0 Å². The zero-order valence-electron chi connectivity index (χ0n) is 16.9. The van der Waals surface area contributed by atoms with Crippen molar-refractivity contribution in [1.29, 1.82) is 0 Å². The Kier molecular flexibility index (Phi) is 6.20. The van der Waals surface area contributed by atoms with Gasteiger partial charge in [-0.2, -0.15) is 4.31 Å². The molecule has 0 spiro atoms. The van der Waals surface area contributed by atoms with Gasteiger partial charge in [-0.3, -0.25) is 4.79 Å². The summed E-state index contributed by atoms with van der Waals surface area (Å²) in [7, 11) is -3.96. The SMILES string of the molecule is O=C(NC1CCCCCC1)[C@@H]1Cc2ccccc2CN1S(=O)(=O)c1ccc(F)cc1. The average molecular weight is 431 g/mol. The minimum absolute atomic E-state index is 0.00412. The molecule has 1 N–H and O–H groups in total. The van der Waals surface area contributed by atoms with Crippen LogP contribution in [-0.2, 0) is 27.8 Å². The second-order valence-electron chi connectivity index (χ2n) is 8.19. The Morgan fingerprint density at radius 3 is 2.23 bits per heavy atom. The molecule has 2 aliphatic rings. The third kappa shape index (κ3) is 4.42. The second kappa shape index (κ2) is 8.86. The van der Waals surface area contributed by atoms with E-state index < -0.39 is 21.9 Å². The third-order valence-corrected chi connectivity index (χ3v) is 8.00. The lowest BCUT2D eigenvalue weighted by molar-refractivity contribution is -0.126. The highest BCUT2D eigenvalue weighted by Crippen LogP contribution is 2.30. The molecule has 1 amide bonds. The van der Waals surface area contributed by atoms with Crippen LogP contribution >= 0.6 is 0 Å². The van der Waals surface area contributed by atoms with Gasteiger partial charge < -0.3 is 5.32 Å². The fourth-order valence-electron chi connectivity index (χ4n) is 4.44. The molecule has 5 nitrogen and oxygen atoms in total. The number of halogens is 1. The van der Waals surface area contributed by atoms with Crippen molar-refractivity contribution in [1.82, 2.24) is 9.62 Å². The van der Waals surface area contributed by atoms with Crippen molar-refractivity contribution in [2.24, 2.45) is 0 Å².